The van der Waals surface area contributed by atoms with Crippen LogP contribution in [0.15, 0.2) is 27.3 Å². The lowest BCUT2D eigenvalue weighted by atomic mass is 10.1. The highest BCUT2D eigenvalue weighted by Gasteiger charge is 2.17. The van der Waals surface area contributed by atoms with Gasteiger partial charge in [-0.3, -0.25) is 4.68 Å². The molecule has 0 amide bonds. The minimum atomic E-state index is 0.177. The molecule has 4 nitrogen and oxygen atoms in total. The Labute approximate surface area is 115 Å². The van der Waals surface area contributed by atoms with Crippen LogP contribution < -0.4 is 5.32 Å². The van der Waals surface area contributed by atoms with Crippen molar-refractivity contribution >= 4 is 15.9 Å². The zero-order chi connectivity index (χ0) is 13.1. The molecular formula is C13H18BrN3O. The summed E-state index contributed by atoms with van der Waals surface area (Å²) in [6.07, 6.45) is 0.866. The largest absolute Gasteiger partial charge is 0.453 e. The summed E-state index contributed by atoms with van der Waals surface area (Å²) in [5.74, 6) is 0.947. The van der Waals surface area contributed by atoms with Crippen LogP contribution in [-0.2, 0) is 13.5 Å². The van der Waals surface area contributed by atoms with Crippen molar-refractivity contribution in [3.63, 3.8) is 0 Å². The lowest BCUT2D eigenvalue weighted by molar-refractivity contribution is 0.400. The van der Waals surface area contributed by atoms with E-state index in [1.807, 2.05) is 30.8 Å². The summed E-state index contributed by atoms with van der Waals surface area (Å²) in [6, 6.07) is 6.22. The molecule has 0 aliphatic heterocycles. The number of nitrogens with one attached hydrogen (secondary N) is 1. The molecule has 18 heavy (non-hydrogen) atoms. The fourth-order valence-electron chi connectivity index (χ4n) is 2.10. The molecular weight excluding hydrogens is 294 g/mol. The van der Waals surface area contributed by atoms with Crippen molar-refractivity contribution in [1.82, 2.24) is 15.1 Å². The van der Waals surface area contributed by atoms with E-state index in [0.29, 0.717) is 0 Å². The fraction of sp³-hybridized carbons (Fsp3) is 0.462. The Morgan fingerprint density at radius 2 is 2.28 bits per heavy atom. The van der Waals surface area contributed by atoms with Crippen molar-refractivity contribution in [1.29, 1.82) is 0 Å². The van der Waals surface area contributed by atoms with Crippen molar-refractivity contribution in [2.75, 3.05) is 6.54 Å². The maximum absolute atomic E-state index is 5.64. The van der Waals surface area contributed by atoms with E-state index in [4.69, 9.17) is 4.42 Å². The minimum Gasteiger partial charge on any atom is -0.453 e. The molecule has 0 fully saturated rings. The molecule has 2 aromatic rings. The molecule has 2 aromatic heterocycles. The number of aryl methyl sites for hydroxylation is 2. The molecule has 0 spiro atoms. The summed E-state index contributed by atoms with van der Waals surface area (Å²) in [4.78, 5) is 0. The average Bonchev–Trinajstić information content (AvgIpc) is 2.85. The van der Waals surface area contributed by atoms with Crippen molar-refractivity contribution in [3.8, 4) is 0 Å². The molecule has 1 atom stereocenters. The average molecular weight is 312 g/mol. The van der Waals surface area contributed by atoms with Crippen LogP contribution >= 0.6 is 15.9 Å². The Kier molecular flexibility index (Phi) is 4.24. The van der Waals surface area contributed by atoms with Gasteiger partial charge in [0.1, 0.15) is 5.76 Å². The van der Waals surface area contributed by atoms with Crippen LogP contribution in [0.4, 0.5) is 0 Å². The van der Waals surface area contributed by atoms with Gasteiger partial charge in [0, 0.05) is 19.2 Å². The highest BCUT2D eigenvalue weighted by Crippen LogP contribution is 2.23. The number of rotatable bonds is 5. The molecule has 0 saturated carbocycles. The number of furan rings is 1. The number of aromatic nitrogens is 2. The van der Waals surface area contributed by atoms with Crippen LogP contribution in [0, 0.1) is 6.92 Å². The van der Waals surface area contributed by atoms with Crippen LogP contribution in [0.3, 0.4) is 0 Å². The fourth-order valence-corrected chi connectivity index (χ4v) is 2.42. The zero-order valence-electron chi connectivity index (χ0n) is 10.9. The second kappa shape index (κ2) is 5.71. The third-order valence-corrected chi connectivity index (χ3v) is 3.33. The van der Waals surface area contributed by atoms with Gasteiger partial charge in [-0.2, -0.15) is 5.10 Å². The molecule has 98 valence electrons. The van der Waals surface area contributed by atoms with E-state index in [0.717, 1.165) is 29.1 Å². The summed E-state index contributed by atoms with van der Waals surface area (Å²) in [6.45, 7) is 5.01. The molecule has 1 unspecified atom stereocenters. The van der Waals surface area contributed by atoms with Crippen LogP contribution in [-0.4, -0.2) is 16.3 Å². The van der Waals surface area contributed by atoms with E-state index in [2.05, 4.69) is 39.3 Å². The Morgan fingerprint density at radius 3 is 2.78 bits per heavy atom. The van der Waals surface area contributed by atoms with Gasteiger partial charge < -0.3 is 9.73 Å². The predicted molar refractivity (Wildman–Crippen MR) is 74.5 cm³/mol. The van der Waals surface area contributed by atoms with Crippen LogP contribution in [0.1, 0.15) is 30.1 Å². The van der Waals surface area contributed by atoms with Crippen molar-refractivity contribution in [3.05, 3.63) is 40.0 Å². The van der Waals surface area contributed by atoms with Gasteiger partial charge in [0.25, 0.3) is 0 Å². The Morgan fingerprint density at radius 1 is 1.50 bits per heavy atom. The van der Waals surface area contributed by atoms with Gasteiger partial charge in [-0.25, -0.2) is 0 Å². The van der Waals surface area contributed by atoms with Gasteiger partial charge in [-0.15, -0.1) is 0 Å². The molecule has 0 aromatic carbocycles. The lowest BCUT2D eigenvalue weighted by Crippen LogP contribution is -2.23. The highest BCUT2D eigenvalue weighted by molar-refractivity contribution is 9.10. The third-order valence-electron chi connectivity index (χ3n) is 2.90. The third kappa shape index (κ3) is 3.03. The van der Waals surface area contributed by atoms with Crippen LogP contribution in [0.5, 0.6) is 0 Å². The molecule has 2 rings (SSSR count). The second-order valence-electron chi connectivity index (χ2n) is 4.36. The summed E-state index contributed by atoms with van der Waals surface area (Å²) in [5, 5.41) is 7.81. The molecule has 0 bridgehead atoms. The van der Waals surface area contributed by atoms with Crippen molar-refractivity contribution < 1.29 is 4.42 Å². The van der Waals surface area contributed by atoms with Gasteiger partial charge in [0.05, 0.1) is 11.7 Å². The first-order chi connectivity index (χ1) is 8.60. The Bertz CT molecular complexity index is 518. The first-order valence-electron chi connectivity index (χ1n) is 6.08. The SMILES string of the molecule is CCNC(Cc1cc(C)nn1C)c1ccc(Br)o1. The van der Waals surface area contributed by atoms with Crippen molar-refractivity contribution in [2.45, 2.75) is 26.3 Å². The molecule has 1 N–H and O–H groups in total. The van der Waals surface area contributed by atoms with Gasteiger partial charge in [0.2, 0.25) is 0 Å². The number of nitrogens with zero attached hydrogens (tertiary/aromatic N) is 2. The topological polar surface area (TPSA) is 43.0 Å². The molecule has 0 aliphatic carbocycles. The Balaban J connectivity index is 2.18. The number of halogens is 1. The van der Waals surface area contributed by atoms with Gasteiger partial charge in [0.15, 0.2) is 4.67 Å². The maximum atomic E-state index is 5.64. The van der Waals surface area contributed by atoms with Crippen LogP contribution in [0.2, 0.25) is 0 Å². The summed E-state index contributed by atoms with van der Waals surface area (Å²) >= 11 is 3.34. The first-order valence-corrected chi connectivity index (χ1v) is 6.87. The highest BCUT2D eigenvalue weighted by atomic mass is 79.9. The van der Waals surface area contributed by atoms with E-state index >= 15 is 0 Å². The summed E-state index contributed by atoms with van der Waals surface area (Å²) in [7, 11) is 1.98. The van der Waals surface area contributed by atoms with Crippen LogP contribution in [0.25, 0.3) is 0 Å². The number of hydrogen-bond donors (Lipinski definition) is 1. The monoisotopic (exact) mass is 311 g/mol. The second-order valence-corrected chi connectivity index (χ2v) is 5.14. The van der Waals surface area contributed by atoms with E-state index in [9.17, 15) is 0 Å². The van der Waals surface area contributed by atoms with E-state index in [1.54, 1.807) is 0 Å². The first kappa shape index (κ1) is 13.4. The summed E-state index contributed by atoms with van der Waals surface area (Å²) < 4.78 is 8.34. The molecule has 5 heteroatoms. The number of likely N-dealkylation sites (N-methyl/N-ethyl adjacent to an activating group) is 1. The van der Waals surface area contributed by atoms with E-state index < -0.39 is 0 Å². The van der Waals surface area contributed by atoms with E-state index in [-0.39, 0.29) is 6.04 Å². The zero-order valence-corrected chi connectivity index (χ0v) is 12.5. The normalized spacial score (nSPS) is 12.9. The van der Waals surface area contributed by atoms with Gasteiger partial charge in [-0.1, -0.05) is 6.92 Å². The predicted octanol–water partition coefficient (Wildman–Crippen LogP) is 2.98. The molecule has 0 radical (unpaired) electrons. The van der Waals surface area contributed by atoms with Crippen molar-refractivity contribution in [2.24, 2.45) is 7.05 Å². The molecule has 2 heterocycles. The summed E-state index contributed by atoms with van der Waals surface area (Å²) in [5.41, 5.74) is 2.24. The lowest BCUT2D eigenvalue weighted by Gasteiger charge is -2.15. The number of hydrogen-bond acceptors (Lipinski definition) is 3. The molecule has 0 saturated heterocycles. The van der Waals surface area contributed by atoms with Gasteiger partial charge in [-0.05, 0) is 47.6 Å². The minimum absolute atomic E-state index is 0.177. The quantitative estimate of drug-likeness (QED) is 0.923. The molecule has 0 aliphatic rings. The maximum Gasteiger partial charge on any atom is 0.169 e. The smallest absolute Gasteiger partial charge is 0.169 e. The standard InChI is InChI=1S/C13H18BrN3O/c1-4-15-11(12-5-6-13(14)18-12)8-10-7-9(2)16-17(10)3/h5-7,11,15H,4,8H2,1-3H3. The van der Waals surface area contributed by atoms with E-state index in [1.165, 1.54) is 5.69 Å². The van der Waals surface area contributed by atoms with Gasteiger partial charge >= 0.3 is 0 Å². The Hall–Kier alpha value is -1.07.